The molecule has 2 aromatic rings. The van der Waals surface area contributed by atoms with Crippen LogP contribution in [0.5, 0.6) is 0 Å². The van der Waals surface area contributed by atoms with E-state index in [1.165, 1.54) is 0 Å². The average Bonchev–Trinajstić information content (AvgIpc) is 2.87. The zero-order chi connectivity index (χ0) is 13.3. The standard InChI is InChI=1S/C12H14Br2N2OS/c1-7(2)16-4-3-8(15-16)5-10(17)11-6-9(13)12(14)18-11/h3-4,6-7,10,17H,5H2,1-2H3. The van der Waals surface area contributed by atoms with Gasteiger partial charge in [-0.05, 0) is 57.8 Å². The van der Waals surface area contributed by atoms with Crippen LogP contribution in [0.3, 0.4) is 0 Å². The third kappa shape index (κ3) is 3.23. The molecule has 2 heterocycles. The van der Waals surface area contributed by atoms with E-state index >= 15 is 0 Å². The van der Waals surface area contributed by atoms with Crippen LogP contribution in [0.2, 0.25) is 0 Å². The summed E-state index contributed by atoms with van der Waals surface area (Å²) < 4.78 is 3.89. The number of hydrogen-bond donors (Lipinski definition) is 1. The summed E-state index contributed by atoms with van der Waals surface area (Å²) in [6.45, 7) is 4.17. The van der Waals surface area contributed by atoms with E-state index in [1.54, 1.807) is 11.3 Å². The summed E-state index contributed by atoms with van der Waals surface area (Å²) in [6, 6.07) is 4.25. The van der Waals surface area contributed by atoms with E-state index in [0.29, 0.717) is 12.5 Å². The molecule has 2 aromatic heterocycles. The van der Waals surface area contributed by atoms with Crippen LogP contribution < -0.4 is 0 Å². The number of hydrogen-bond acceptors (Lipinski definition) is 3. The van der Waals surface area contributed by atoms with E-state index in [1.807, 2.05) is 23.0 Å². The van der Waals surface area contributed by atoms with E-state index in [9.17, 15) is 5.11 Å². The molecule has 0 aliphatic carbocycles. The first-order valence-electron chi connectivity index (χ1n) is 5.64. The highest BCUT2D eigenvalue weighted by atomic mass is 79.9. The van der Waals surface area contributed by atoms with Gasteiger partial charge in [0.25, 0.3) is 0 Å². The van der Waals surface area contributed by atoms with Crippen LogP contribution in [0.1, 0.15) is 36.6 Å². The lowest BCUT2D eigenvalue weighted by Crippen LogP contribution is -2.04. The molecule has 0 fully saturated rings. The molecular weight excluding hydrogens is 380 g/mol. The SMILES string of the molecule is CC(C)n1ccc(CC(O)c2cc(Br)c(Br)s2)n1. The maximum absolute atomic E-state index is 10.2. The maximum Gasteiger partial charge on any atom is 0.0938 e. The first kappa shape index (κ1) is 14.2. The molecule has 1 N–H and O–H groups in total. The van der Waals surface area contributed by atoms with Crippen LogP contribution >= 0.6 is 43.2 Å². The Morgan fingerprint density at radius 3 is 2.67 bits per heavy atom. The van der Waals surface area contributed by atoms with Gasteiger partial charge in [0.2, 0.25) is 0 Å². The maximum atomic E-state index is 10.2. The molecule has 0 aromatic carbocycles. The second-order valence-electron chi connectivity index (χ2n) is 4.37. The van der Waals surface area contributed by atoms with Crippen molar-refractivity contribution in [2.75, 3.05) is 0 Å². The fourth-order valence-electron chi connectivity index (χ4n) is 1.60. The molecule has 0 bridgehead atoms. The van der Waals surface area contributed by atoms with Gasteiger partial charge in [-0.15, -0.1) is 11.3 Å². The summed E-state index contributed by atoms with van der Waals surface area (Å²) in [5.74, 6) is 0. The topological polar surface area (TPSA) is 38.0 Å². The van der Waals surface area contributed by atoms with Crippen molar-refractivity contribution >= 4 is 43.2 Å². The van der Waals surface area contributed by atoms with Crippen LogP contribution in [0, 0.1) is 0 Å². The van der Waals surface area contributed by atoms with Crippen LogP contribution in [0.4, 0.5) is 0 Å². The lowest BCUT2D eigenvalue weighted by Gasteiger charge is -2.07. The summed E-state index contributed by atoms with van der Waals surface area (Å²) in [4.78, 5) is 0.938. The normalized spacial score (nSPS) is 13.2. The number of nitrogens with zero attached hydrogens (tertiary/aromatic N) is 2. The molecule has 0 spiro atoms. The van der Waals surface area contributed by atoms with Gasteiger partial charge < -0.3 is 5.11 Å². The Bertz CT molecular complexity index is 516. The monoisotopic (exact) mass is 392 g/mol. The quantitative estimate of drug-likeness (QED) is 0.839. The van der Waals surface area contributed by atoms with Crippen molar-refractivity contribution in [3.63, 3.8) is 0 Å². The summed E-state index contributed by atoms with van der Waals surface area (Å²) in [6.07, 6.45) is 1.99. The largest absolute Gasteiger partial charge is 0.387 e. The molecule has 0 saturated carbocycles. The molecule has 0 amide bonds. The molecule has 0 aliphatic rings. The predicted molar refractivity (Wildman–Crippen MR) is 81.0 cm³/mol. The van der Waals surface area contributed by atoms with Crippen molar-refractivity contribution in [2.24, 2.45) is 0 Å². The van der Waals surface area contributed by atoms with Crippen molar-refractivity contribution < 1.29 is 5.11 Å². The van der Waals surface area contributed by atoms with Gasteiger partial charge >= 0.3 is 0 Å². The Kier molecular flexibility index (Phi) is 4.64. The highest BCUT2D eigenvalue weighted by Gasteiger charge is 2.15. The number of aliphatic hydroxyl groups excluding tert-OH is 1. The van der Waals surface area contributed by atoms with Crippen LogP contribution in [-0.4, -0.2) is 14.9 Å². The minimum atomic E-state index is -0.506. The van der Waals surface area contributed by atoms with E-state index in [2.05, 4.69) is 50.8 Å². The Morgan fingerprint density at radius 1 is 1.44 bits per heavy atom. The van der Waals surface area contributed by atoms with Crippen molar-refractivity contribution in [1.29, 1.82) is 0 Å². The molecule has 2 rings (SSSR count). The van der Waals surface area contributed by atoms with Gasteiger partial charge in [-0.1, -0.05) is 0 Å². The van der Waals surface area contributed by atoms with Crippen LogP contribution in [0.15, 0.2) is 26.6 Å². The van der Waals surface area contributed by atoms with Crippen molar-refractivity contribution in [3.8, 4) is 0 Å². The molecule has 0 aliphatic heterocycles. The molecule has 6 heteroatoms. The molecule has 1 unspecified atom stereocenters. The highest BCUT2D eigenvalue weighted by molar-refractivity contribution is 9.13. The number of rotatable bonds is 4. The molecule has 1 atom stereocenters. The number of aliphatic hydroxyl groups is 1. The number of halogens is 2. The number of thiophene rings is 1. The zero-order valence-electron chi connectivity index (χ0n) is 10.1. The Hall–Kier alpha value is -0.170. The van der Waals surface area contributed by atoms with E-state index < -0.39 is 6.10 Å². The van der Waals surface area contributed by atoms with Gasteiger partial charge in [0, 0.05) is 28.0 Å². The lowest BCUT2D eigenvalue weighted by molar-refractivity contribution is 0.180. The molecular formula is C12H14Br2N2OS. The molecule has 0 saturated heterocycles. The van der Waals surface area contributed by atoms with Crippen LogP contribution in [0.25, 0.3) is 0 Å². The first-order chi connectivity index (χ1) is 8.47. The zero-order valence-corrected chi connectivity index (χ0v) is 14.1. The third-order valence-electron chi connectivity index (χ3n) is 2.59. The van der Waals surface area contributed by atoms with Gasteiger partial charge in [0.05, 0.1) is 15.6 Å². The summed E-state index contributed by atoms with van der Waals surface area (Å²) in [5, 5.41) is 14.6. The lowest BCUT2D eigenvalue weighted by atomic mass is 10.2. The fourth-order valence-corrected chi connectivity index (χ4v) is 3.68. The van der Waals surface area contributed by atoms with Crippen molar-refractivity contribution in [1.82, 2.24) is 9.78 Å². The predicted octanol–water partition coefficient (Wildman–Crippen LogP) is 4.33. The van der Waals surface area contributed by atoms with Crippen LogP contribution in [-0.2, 0) is 6.42 Å². The average molecular weight is 394 g/mol. The van der Waals surface area contributed by atoms with Crippen molar-refractivity contribution in [2.45, 2.75) is 32.4 Å². The summed E-state index contributed by atoms with van der Waals surface area (Å²) >= 11 is 8.40. The minimum Gasteiger partial charge on any atom is -0.387 e. The number of aromatic nitrogens is 2. The summed E-state index contributed by atoms with van der Waals surface area (Å²) in [5.41, 5.74) is 0.914. The van der Waals surface area contributed by atoms with Gasteiger partial charge in [-0.2, -0.15) is 5.10 Å². The van der Waals surface area contributed by atoms with Gasteiger partial charge in [0.15, 0.2) is 0 Å². The highest BCUT2D eigenvalue weighted by Crippen LogP contribution is 2.36. The second kappa shape index (κ2) is 5.86. The summed E-state index contributed by atoms with van der Waals surface area (Å²) in [7, 11) is 0. The Labute approximate surface area is 127 Å². The van der Waals surface area contributed by atoms with E-state index in [0.717, 1.165) is 18.8 Å². The fraction of sp³-hybridized carbons (Fsp3) is 0.417. The molecule has 18 heavy (non-hydrogen) atoms. The van der Waals surface area contributed by atoms with Crippen molar-refractivity contribution in [3.05, 3.63) is 37.2 Å². The molecule has 98 valence electrons. The van der Waals surface area contributed by atoms with Gasteiger partial charge in [-0.25, -0.2) is 0 Å². The third-order valence-corrected chi connectivity index (χ3v) is 5.95. The minimum absolute atomic E-state index is 0.348. The molecule has 0 radical (unpaired) electrons. The van der Waals surface area contributed by atoms with E-state index in [-0.39, 0.29) is 0 Å². The van der Waals surface area contributed by atoms with Gasteiger partial charge in [0.1, 0.15) is 0 Å². The first-order valence-corrected chi connectivity index (χ1v) is 8.04. The van der Waals surface area contributed by atoms with E-state index in [4.69, 9.17) is 0 Å². The Morgan fingerprint density at radius 2 is 2.17 bits per heavy atom. The molecule has 3 nitrogen and oxygen atoms in total. The Balaban J connectivity index is 2.08. The smallest absolute Gasteiger partial charge is 0.0938 e. The second-order valence-corrected chi connectivity index (χ2v) is 7.63. The van der Waals surface area contributed by atoms with Gasteiger partial charge in [-0.3, -0.25) is 4.68 Å².